The monoisotopic (exact) mass is 250 g/mol. The molecule has 0 aliphatic rings. The van der Waals surface area contributed by atoms with Crippen LogP contribution in [0.15, 0.2) is 18.2 Å². The van der Waals surface area contributed by atoms with Crippen molar-refractivity contribution in [2.24, 2.45) is 5.41 Å². The van der Waals surface area contributed by atoms with Crippen LogP contribution in [0.5, 0.6) is 0 Å². The maximum atomic E-state index is 13.3. The van der Waals surface area contributed by atoms with Gasteiger partial charge in [0.25, 0.3) is 0 Å². The summed E-state index contributed by atoms with van der Waals surface area (Å²) in [5.41, 5.74) is -1.74. The Labute approximate surface area is 97.1 Å². The van der Waals surface area contributed by atoms with Crippen LogP contribution in [0.4, 0.5) is 17.6 Å². The third-order valence-electron chi connectivity index (χ3n) is 2.43. The second-order valence-electron chi connectivity index (χ2n) is 5.01. The molecular weight excluding hydrogens is 236 g/mol. The van der Waals surface area contributed by atoms with Crippen molar-refractivity contribution in [2.75, 3.05) is 0 Å². The fraction of sp³-hybridized carbons (Fsp3) is 0.500. The zero-order chi connectivity index (χ0) is 13.4. The predicted molar refractivity (Wildman–Crippen MR) is 55.8 cm³/mol. The normalized spacial score (nSPS) is 14.8. The second-order valence-corrected chi connectivity index (χ2v) is 5.01. The molecule has 0 saturated heterocycles. The Balaban J connectivity index is 3.14. The molecule has 0 aromatic heterocycles. The molecule has 0 amide bonds. The van der Waals surface area contributed by atoms with Gasteiger partial charge in [0.05, 0.1) is 11.7 Å². The first-order valence-electron chi connectivity index (χ1n) is 5.08. The third kappa shape index (κ3) is 3.19. The van der Waals surface area contributed by atoms with Crippen molar-refractivity contribution in [3.05, 3.63) is 35.1 Å². The lowest BCUT2D eigenvalue weighted by atomic mass is 9.84. The van der Waals surface area contributed by atoms with E-state index >= 15 is 0 Å². The number of hydrogen-bond acceptors (Lipinski definition) is 1. The molecule has 1 N–H and O–H groups in total. The summed E-state index contributed by atoms with van der Waals surface area (Å²) in [5, 5.41) is 9.83. The summed E-state index contributed by atoms with van der Waals surface area (Å²) in [4.78, 5) is 0. The van der Waals surface area contributed by atoms with Gasteiger partial charge >= 0.3 is 6.18 Å². The van der Waals surface area contributed by atoms with E-state index in [1.807, 2.05) is 0 Å². The molecule has 1 aromatic rings. The Hall–Kier alpha value is -1.10. The topological polar surface area (TPSA) is 20.2 Å². The fourth-order valence-corrected chi connectivity index (χ4v) is 1.43. The van der Waals surface area contributed by atoms with Gasteiger partial charge in [0, 0.05) is 0 Å². The van der Waals surface area contributed by atoms with Gasteiger partial charge in [-0.3, -0.25) is 0 Å². The van der Waals surface area contributed by atoms with E-state index in [-0.39, 0.29) is 5.56 Å². The number of alkyl halides is 3. The smallest absolute Gasteiger partial charge is 0.388 e. The molecule has 0 aliphatic heterocycles. The molecule has 0 bridgehead atoms. The minimum Gasteiger partial charge on any atom is -0.388 e. The molecule has 96 valence electrons. The van der Waals surface area contributed by atoms with Crippen LogP contribution in [-0.4, -0.2) is 5.11 Å². The van der Waals surface area contributed by atoms with E-state index in [1.165, 1.54) is 0 Å². The van der Waals surface area contributed by atoms with Crippen LogP contribution in [0.25, 0.3) is 0 Å². The highest BCUT2D eigenvalue weighted by atomic mass is 19.4. The molecule has 5 heteroatoms. The van der Waals surface area contributed by atoms with Gasteiger partial charge in [-0.1, -0.05) is 26.8 Å². The highest BCUT2D eigenvalue weighted by molar-refractivity contribution is 5.28. The first-order valence-corrected chi connectivity index (χ1v) is 5.08. The standard InChI is InChI=1S/C12H14F4O/c1-11(2,3)10(17)7-4-5-8(9(13)6-7)12(14,15)16/h4-6,10,17H,1-3H3. The van der Waals surface area contributed by atoms with E-state index in [4.69, 9.17) is 0 Å². The van der Waals surface area contributed by atoms with Gasteiger partial charge in [0.15, 0.2) is 0 Å². The summed E-state index contributed by atoms with van der Waals surface area (Å²) in [6.07, 6.45) is -5.73. The number of aliphatic hydroxyl groups is 1. The Morgan fingerprint density at radius 3 is 2.00 bits per heavy atom. The van der Waals surface area contributed by atoms with Gasteiger partial charge in [0.2, 0.25) is 0 Å². The van der Waals surface area contributed by atoms with E-state index in [0.717, 1.165) is 12.1 Å². The van der Waals surface area contributed by atoms with E-state index in [2.05, 4.69) is 0 Å². The zero-order valence-electron chi connectivity index (χ0n) is 9.77. The molecule has 0 heterocycles. The average molecular weight is 250 g/mol. The number of aliphatic hydroxyl groups excluding tert-OH is 1. The van der Waals surface area contributed by atoms with Crippen molar-refractivity contribution >= 4 is 0 Å². The summed E-state index contributed by atoms with van der Waals surface area (Å²) in [7, 11) is 0. The van der Waals surface area contributed by atoms with Crippen LogP contribution in [0.3, 0.4) is 0 Å². The van der Waals surface area contributed by atoms with Gasteiger partial charge < -0.3 is 5.11 Å². The number of rotatable bonds is 1. The van der Waals surface area contributed by atoms with Crippen molar-refractivity contribution in [1.29, 1.82) is 0 Å². The third-order valence-corrected chi connectivity index (χ3v) is 2.43. The van der Waals surface area contributed by atoms with E-state index < -0.39 is 29.1 Å². The van der Waals surface area contributed by atoms with Crippen LogP contribution in [0.1, 0.15) is 38.0 Å². The molecular formula is C12H14F4O. The van der Waals surface area contributed by atoms with Gasteiger partial charge in [-0.2, -0.15) is 13.2 Å². The number of benzene rings is 1. The van der Waals surface area contributed by atoms with Gasteiger partial charge in [-0.25, -0.2) is 4.39 Å². The lowest BCUT2D eigenvalue weighted by Gasteiger charge is -2.26. The Morgan fingerprint density at radius 2 is 1.65 bits per heavy atom. The Bertz CT molecular complexity index is 404. The van der Waals surface area contributed by atoms with E-state index in [9.17, 15) is 22.7 Å². The van der Waals surface area contributed by atoms with E-state index in [0.29, 0.717) is 6.07 Å². The lowest BCUT2D eigenvalue weighted by Crippen LogP contribution is -2.18. The maximum Gasteiger partial charge on any atom is 0.419 e. The summed E-state index contributed by atoms with van der Waals surface area (Å²) >= 11 is 0. The molecule has 0 fully saturated rings. The molecule has 0 radical (unpaired) electrons. The predicted octanol–water partition coefficient (Wildman–Crippen LogP) is 3.92. The quantitative estimate of drug-likeness (QED) is 0.749. The van der Waals surface area contributed by atoms with Gasteiger partial charge in [-0.05, 0) is 23.1 Å². The Morgan fingerprint density at radius 1 is 1.12 bits per heavy atom. The molecule has 0 spiro atoms. The highest BCUT2D eigenvalue weighted by Crippen LogP contribution is 2.36. The van der Waals surface area contributed by atoms with Crippen molar-refractivity contribution in [1.82, 2.24) is 0 Å². The van der Waals surface area contributed by atoms with Crippen LogP contribution >= 0.6 is 0 Å². The van der Waals surface area contributed by atoms with Crippen LogP contribution in [-0.2, 0) is 6.18 Å². The molecule has 17 heavy (non-hydrogen) atoms. The molecule has 1 rings (SSSR count). The van der Waals surface area contributed by atoms with Crippen molar-refractivity contribution < 1.29 is 22.7 Å². The summed E-state index contributed by atoms with van der Waals surface area (Å²) in [6.45, 7) is 5.15. The van der Waals surface area contributed by atoms with Gasteiger partial charge in [-0.15, -0.1) is 0 Å². The maximum absolute atomic E-state index is 13.3. The largest absolute Gasteiger partial charge is 0.419 e. The van der Waals surface area contributed by atoms with Crippen molar-refractivity contribution in [3.8, 4) is 0 Å². The summed E-state index contributed by atoms with van der Waals surface area (Å²) in [6, 6.07) is 2.49. The van der Waals surface area contributed by atoms with Crippen molar-refractivity contribution in [2.45, 2.75) is 33.1 Å². The molecule has 1 atom stereocenters. The molecule has 0 saturated carbocycles. The fourth-order valence-electron chi connectivity index (χ4n) is 1.43. The molecule has 1 aromatic carbocycles. The highest BCUT2D eigenvalue weighted by Gasteiger charge is 2.34. The lowest BCUT2D eigenvalue weighted by molar-refractivity contribution is -0.140. The van der Waals surface area contributed by atoms with Crippen LogP contribution < -0.4 is 0 Å². The molecule has 1 unspecified atom stereocenters. The minimum atomic E-state index is -4.71. The SMILES string of the molecule is CC(C)(C)C(O)c1ccc(C(F)(F)F)c(F)c1. The average Bonchev–Trinajstić information content (AvgIpc) is 2.12. The molecule has 0 aliphatic carbocycles. The second kappa shape index (κ2) is 4.29. The summed E-state index contributed by atoms with van der Waals surface area (Å²) in [5.74, 6) is -1.36. The molecule has 1 nitrogen and oxygen atoms in total. The van der Waals surface area contributed by atoms with E-state index in [1.54, 1.807) is 20.8 Å². The Kier molecular flexibility index (Phi) is 3.52. The van der Waals surface area contributed by atoms with Gasteiger partial charge in [0.1, 0.15) is 5.82 Å². The number of halogens is 4. The zero-order valence-corrected chi connectivity index (χ0v) is 9.77. The first-order chi connectivity index (χ1) is 7.53. The minimum absolute atomic E-state index is 0.142. The van der Waals surface area contributed by atoms with Crippen LogP contribution in [0.2, 0.25) is 0 Å². The first kappa shape index (κ1) is 14.0. The van der Waals surface area contributed by atoms with Crippen molar-refractivity contribution in [3.63, 3.8) is 0 Å². The number of hydrogen-bond donors (Lipinski definition) is 1. The summed E-state index contributed by atoms with van der Waals surface area (Å²) < 4.78 is 50.2. The van der Waals surface area contributed by atoms with Crippen LogP contribution in [0, 0.1) is 11.2 Å².